The number of hydrogen-bond donors (Lipinski definition) is 0. The van der Waals surface area contributed by atoms with Crippen molar-refractivity contribution >= 4 is 51.1 Å². The third-order valence-corrected chi connectivity index (χ3v) is 7.07. The summed E-state index contributed by atoms with van der Waals surface area (Å²) in [4.78, 5) is 48.3. The molecule has 11 nitrogen and oxygen atoms in total. The van der Waals surface area contributed by atoms with Gasteiger partial charge in [-0.1, -0.05) is 42.5 Å². The van der Waals surface area contributed by atoms with Crippen LogP contribution in [0.4, 0.5) is 16.2 Å². The third-order valence-electron chi connectivity index (χ3n) is 6.16. The Labute approximate surface area is 237 Å². The van der Waals surface area contributed by atoms with Crippen molar-refractivity contribution in [2.45, 2.75) is 13.5 Å². The van der Waals surface area contributed by atoms with Crippen molar-refractivity contribution in [1.29, 1.82) is 0 Å². The van der Waals surface area contributed by atoms with Crippen molar-refractivity contribution in [2.75, 3.05) is 6.61 Å². The number of carbonyl (C=O) groups is 2. The Morgan fingerprint density at radius 2 is 1.61 bits per heavy atom. The van der Waals surface area contributed by atoms with Gasteiger partial charge in [0, 0.05) is 6.07 Å². The molecule has 0 aliphatic carbocycles. The molecule has 0 saturated carbocycles. The van der Waals surface area contributed by atoms with Gasteiger partial charge in [-0.3, -0.25) is 34.7 Å². The average Bonchev–Trinajstić information content (AvgIpc) is 3.21. The zero-order valence-electron chi connectivity index (χ0n) is 21.5. The standard InChI is InChI=1S/C29H21N3O8S/c1-2-39-26-14-18(8-11-25(26)40-24-12-10-22(31(35)36)16-23(24)32(37)38)15-27-28(33)30(29(34)41-27)17-19-7-9-20-5-3-4-6-21(20)13-19/h3-16H,2,17H2,1H3/b27-15-. The number of rotatable bonds is 9. The van der Waals surface area contributed by atoms with Crippen molar-refractivity contribution in [1.82, 2.24) is 4.90 Å². The lowest BCUT2D eigenvalue weighted by Gasteiger charge is -2.13. The van der Waals surface area contributed by atoms with E-state index in [9.17, 15) is 29.8 Å². The second-order valence-corrected chi connectivity index (χ2v) is 9.85. The predicted octanol–water partition coefficient (Wildman–Crippen LogP) is 7.08. The van der Waals surface area contributed by atoms with E-state index in [1.54, 1.807) is 25.1 Å². The molecule has 1 aliphatic heterocycles. The number of ether oxygens (including phenoxy) is 2. The monoisotopic (exact) mass is 571 g/mol. The first kappa shape index (κ1) is 27.3. The summed E-state index contributed by atoms with van der Waals surface area (Å²) in [5.41, 5.74) is 0.340. The Balaban J connectivity index is 1.38. The van der Waals surface area contributed by atoms with Gasteiger partial charge in [0.1, 0.15) is 0 Å². The van der Waals surface area contributed by atoms with E-state index >= 15 is 0 Å². The largest absolute Gasteiger partial charge is 0.490 e. The molecule has 0 radical (unpaired) electrons. The number of thioether (sulfide) groups is 1. The molecule has 1 fully saturated rings. The Morgan fingerprint density at radius 3 is 2.34 bits per heavy atom. The van der Waals surface area contributed by atoms with Gasteiger partial charge in [-0.2, -0.15) is 0 Å². The van der Waals surface area contributed by atoms with Crippen molar-refractivity contribution in [3.8, 4) is 17.2 Å². The summed E-state index contributed by atoms with van der Waals surface area (Å²) in [5.74, 6) is -0.272. The fraction of sp³-hybridized carbons (Fsp3) is 0.103. The van der Waals surface area contributed by atoms with Gasteiger partial charge < -0.3 is 9.47 Å². The van der Waals surface area contributed by atoms with Crippen LogP contribution in [0.15, 0.2) is 83.8 Å². The number of non-ortho nitro benzene ring substituents is 1. The number of hydrogen-bond acceptors (Lipinski definition) is 9. The molecule has 2 amide bonds. The fourth-order valence-electron chi connectivity index (χ4n) is 4.24. The molecule has 1 aliphatic rings. The van der Waals surface area contributed by atoms with Crippen molar-refractivity contribution in [2.24, 2.45) is 0 Å². The van der Waals surface area contributed by atoms with Gasteiger partial charge in [0.15, 0.2) is 11.5 Å². The van der Waals surface area contributed by atoms with Crippen LogP contribution in [0.5, 0.6) is 17.2 Å². The van der Waals surface area contributed by atoms with Crippen molar-refractivity contribution in [3.63, 3.8) is 0 Å². The summed E-state index contributed by atoms with van der Waals surface area (Å²) in [6.07, 6.45) is 1.56. The molecule has 0 unspecified atom stereocenters. The molecule has 4 aromatic carbocycles. The summed E-state index contributed by atoms with van der Waals surface area (Å²) >= 11 is 0.831. The highest BCUT2D eigenvalue weighted by Gasteiger charge is 2.35. The highest BCUT2D eigenvalue weighted by molar-refractivity contribution is 8.18. The number of imide groups is 1. The maximum absolute atomic E-state index is 13.1. The van der Waals surface area contributed by atoms with E-state index < -0.39 is 27.1 Å². The Bertz CT molecular complexity index is 1750. The van der Waals surface area contributed by atoms with Crippen LogP contribution < -0.4 is 9.47 Å². The highest BCUT2D eigenvalue weighted by Crippen LogP contribution is 2.40. The number of benzene rings is 4. The quantitative estimate of drug-likeness (QED) is 0.117. The normalized spacial score (nSPS) is 14.1. The van der Waals surface area contributed by atoms with Gasteiger partial charge in [0.05, 0.1) is 34.0 Å². The van der Waals surface area contributed by atoms with Crippen molar-refractivity contribution < 1.29 is 28.9 Å². The summed E-state index contributed by atoms with van der Waals surface area (Å²) in [6.45, 7) is 2.12. The minimum atomic E-state index is -0.773. The summed E-state index contributed by atoms with van der Waals surface area (Å²) in [7, 11) is 0. The zero-order valence-corrected chi connectivity index (χ0v) is 22.3. The van der Waals surface area contributed by atoms with Crippen molar-refractivity contribution in [3.05, 3.63) is 115 Å². The van der Waals surface area contributed by atoms with E-state index in [1.165, 1.54) is 11.0 Å². The van der Waals surface area contributed by atoms with Gasteiger partial charge in [-0.25, -0.2) is 0 Å². The average molecular weight is 572 g/mol. The first-order valence-electron chi connectivity index (χ1n) is 12.3. The molecule has 0 atom stereocenters. The van der Waals surface area contributed by atoms with Crippen LogP contribution in [0.3, 0.4) is 0 Å². The zero-order chi connectivity index (χ0) is 29.1. The first-order chi connectivity index (χ1) is 19.7. The van der Waals surface area contributed by atoms with E-state index in [2.05, 4.69) is 0 Å². The topological polar surface area (TPSA) is 142 Å². The number of nitro groups is 2. The molecule has 1 saturated heterocycles. The first-order valence-corrected chi connectivity index (χ1v) is 13.2. The third kappa shape index (κ3) is 5.87. The molecule has 0 aromatic heterocycles. The number of fused-ring (bicyclic) bond motifs is 1. The number of nitrogens with zero attached hydrogens (tertiary/aromatic N) is 3. The van der Waals surface area contributed by atoms with E-state index in [4.69, 9.17) is 9.47 Å². The summed E-state index contributed by atoms with van der Waals surface area (Å²) in [6, 6.07) is 21.4. The summed E-state index contributed by atoms with van der Waals surface area (Å²) < 4.78 is 11.4. The molecule has 206 valence electrons. The number of nitro benzene ring substituents is 2. The highest BCUT2D eigenvalue weighted by atomic mass is 32.2. The maximum Gasteiger partial charge on any atom is 0.318 e. The minimum Gasteiger partial charge on any atom is -0.490 e. The van der Waals surface area contributed by atoms with Crippen LogP contribution in [0.25, 0.3) is 16.8 Å². The number of amides is 2. The summed E-state index contributed by atoms with van der Waals surface area (Å²) in [5, 5.41) is 24.2. The van der Waals surface area contributed by atoms with E-state index in [-0.39, 0.29) is 40.5 Å². The predicted molar refractivity (Wildman–Crippen MR) is 153 cm³/mol. The molecule has 12 heteroatoms. The number of carbonyl (C=O) groups excluding carboxylic acids is 2. The Hall–Kier alpha value is -5.23. The van der Waals surface area contributed by atoms with Gasteiger partial charge in [0.2, 0.25) is 5.75 Å². The molecule has 0 bridgehead atoms. The molecular formula is C29H21N3O8S. The van der Waals surface area contributed by atoms with Crippen LogP contribution >= 0.6 is 11.8 Å². The smallest absolute Gasteiger partial charge is 0.318 e. The van der Waals surface area contributed by atoms with E-state index in [0.29, 0.717) is 5.56 Å². The van der Waals surface area contributed by atoms with Gasteiger partial charge >= 0.3 is 5.69 Å². The molecule has 0 N–H and O–H groups in total. The molecule has 0 spiro atoms. The van der Waals surface area contributed by atoms with Gasteiger partial charge in [-0.05, 0) is 70.9 Å². The molecule has 5 rings (SSSR count). The molecule has 4 aromatic rings. The molecular weight excluding hydrogens is 550 g/mol. The lowest BCUT2D eigenvalue weighted by Crippen LogP contribution is -2.27. The Morgan fingerprint density at radius 1 is 0.854 bits per heavy atom. The van der Waals surface area contributed by atoms with Crippen LogP contribution in [0.2, 0.25) is 0 Å². The van der Waals surface area contributed by atoms with Gasteiger partial charge in [0.25, 0.3) is 16.8 Å². The second-order valence-electron chi connectivity index (χ2n) is 8.86. The Kier molecular flexibility index (Phi) is 7.66. The van der Waals surface area contributed by atoms with E-state index in [0.717, 1.165) is 46.3 Å². The lowest BCUT2D eigenvalue weighted by atomic mass is 10.1. The van der Waals surface area contributed by atoms with Crippen LogP contribution in [-0.2, 0) is 11.3 Å². The fourth-order valence-corrected chi connectivity index (χ4v) is 5.08. The minimum absolute atomic E-state index is 0.130. The second kappa shape index (κ2) is 11.5. The SMILES string of the molecule is CCOc1cc(/C=C2\SC(=O)N(Cc3ccc4ccccc4c3)C2=O)ccc1Oc1ccc([N+](=O)[O-])cc1[N+](=O)[O-]. The van der Waals surface area contributed by atoms with Crippen LogP contribution in [-0.4, -0.2) is 32.5 Å². The van der Waals surface area contributed by atoms with Crippen LogP contribution in [0, 0.1) is 20.2 Å². The maximum atomic E-state index is 13.1. The van der Waals surface area contributed by atoms with Gasteiger partial charge in [-0.15, -0.1) is 0 Å². The lowest BCUT2D eigenvalue weighted by molar-refractivity contribution is -0.394. The molecule has 1 heterocycles. The molecule has 41 heavy (non-hydrogen) atoms. The van der Waals surface area contributed by atoms with Crippen LogP contribution in [0.1, 0.15) is 18.1 Å². The van der Waals surface area contributed by atoms with E-state index in [1.807, 2.05) is 42.5 Å².